The third-order valence-corrected chi connectivity index (χ3v) is 6.06. The lowest BCUT2D eigenvalue weighted by atomic mass is 10.0. The third-order valence-electron chi connectivity index (χ3n) is 6.06. The summed E-state index contributed by atoms with van der Waals surface area (Å²) in [7, 11) is 1.55. The Kier molecular flexibility index (Phi) is 7.53. The number of carbonyl (C=O) groups excluding carboxylic acids is 2. The lowest BCUT2D eigenvalue weighted by molar-refractivity contribution is -0.137. The second-order valence-electron chi connectivity index (χ2n) is 8.92. The number of methoxy groups -OCH3 is 1. The molecular formula is C27H33N3O4. The first-order valence-corrected chi connectivity index (χ1v) is 12.0. The minimum absolute atomic E-state index is 0.0504. The van der Waals surface area contributed by atoms with E-state index in [1.165, 1.54) is 29.8 Å². The molecule has 1 N–H and O–H groups in total. The molecule has 2 aromatic rings. The highest BCUT2D eigenvalue weighted by molar-refractivity contribution is 6.36. The van der Waals surface area contributed by atoms with Crippen molar-refractivity contribution in [2.45, 2.75) is 39.2 Å². The smallest absolute Gasteiger partial charge is 0.278 e. The Morgan fingerprint density at radius 1 is 0.912 bits per heavy atom. The quantitative estimate of drug-likeness (QED) is 0.559. The number of carbonyl (C=O) groups is 2. The van der Waals surface area contributed by atoms with Gasteiger partial charge in [0.1, 0.15) is 11.4 Å². The number of anilines is 2. The van der Waals surface area contributed by atoms with E-state index < -0.39 is 0 Å². The second-order valence-corrected chi connectivity index (χ2v) is 8.92. The van der Waals surface area contributed by atoms with Gasteiger partial charge in [-0.1, -0.05) is 12.1 Å². The van der Waals surface area contributed by atoms with Gasteiger partial charge in [-0.15, -0.1) is 0 Å². The highest BCUT2D eigenvalue weighted by Crippen LogP contribution is 2.32. The summed E-state index contributed by atoms with van der Waals surface area (Å²) in [5.74, 6) is 0.0434. The molecule has 0 saturated carbocycles. The van der Waals surface area contributed by atoms with Crippen LogP contribution in [0.15, 0.2) is 54.2 Å². The van der Waals surface area contributed by atoms with E-state index in [9.17, 15) is 9.59 Å². The minimum atomic E-state index is -0.348. The van der Waals surface area contributed by atoms with Crippen molar-refractivity contribution in [2.75, 3.05) is 43.6 Å². The molecule has 0 radical (unpaired) electrons. The molecule has 0 unspecified atom stereocenters. The van der Waals surface area contributed by atoms with Crippen molar-refractivity contribution < 1.29 is 19.1 Å². The van der Waals surface area contributed by atoms with Crippen LogP contribution in [-0.2, 0) is 14.3 Å². The first-order valence-electron chi connectivity index (χ1n) is 12.0. The average molecular weight is 464 g/mol. The summed E-state index contributed by atoms with van der Waals surface area (Å²) in [6.07, 6.45) is 3.76. The average Bonchev–Trinajstić information content (AvgIpc) is 3.07. The van der Waals surface area contributed by atoms with E-state index in [1.807, 2.05) is 50.2 Å². The van der Waals surface area contributed by atoms with E-state index in [2.05, 4.69) is 22.3 Å². The molecule has 34 heavy (non-hydrogen) atoms. The van der Waals surface area contributed by atoms with Crippen LogP contribution in [0.2, 0.25) is 0 Å². The van der Waals surface area contributed by atoms with Gasteiger partial charge in [0.15, 0.2) is 0 Å². The molecule has 2 aliphatic rings. The molecule has 180 valence electrons. The molecular weight excluding hydrogens is 430 g/mol. The van der Waals surface area contributed by atoms with Crippen molar-refractivity contribution >= 4 is 28.8 Å². The van der Waals surface area contributed by atoms with Crippen LogP contribution in [0.4, 0.5) is 11.4 Å². The molecule has 0 bridgehead atoms. The summed E-state index contributed by atoms with van der Waals surface area (Å²) < 4.78 is 10.8. The molecule has 2 amide bonds. The second kappa shape index (κ2) is 10.7. The van der Waals surface area contributed by atoms with Crippen LogP contribution >= 0.6 is 0 Å². The van der Waals surface area contributed by atoms with Crippen LogP contribution in [0.3, 0.4) is 0 Å². The number of rotatable bonds is 9. The van der Waals surface area contributed by atoms with Gasteiger partial charge in [0.2, 0.25) is 0 Å². The lowest BCUT2D eigenvalue weighted by Crippen LogP contribution is -2.35. The Hall–Kier alpha value is -3.32. The molecule has 0 spiro atoms. The molecule has 2 heterocycles. The standard InChI is InChI=1S/C27H33N3O4/c1-19(2)34-23-13-7-20(8-14-23)24-25(27(32)30(26(24)31)17-18-33-3)28-21-9-11-22(12-10-21)29-15-5-4-6-16-29/h7-14,19,28H,4-6,15-18H2,1-3H3. The maximum Gasteiger partial charge on any atom is 0.278 e. The SMILES string of the molecule is COCCN1C(=O)C(Nc2ccc(N3CCCCC3)cc2)=C(c2ccc(OC(C)C)cc2)C1=O. The number of ether oxygens (including phenoxy) is 2. The fraction of sp³-hybridized carbons (Fsp3) is 0.407. The first-order chi connectivity index (χ1) is 16.5. The van der Waals surface area contributed by atoms with Gasteiger partial charge in [-0.05, 0) is 75.1 Å². The van der Waals surface area contributed by atoms with Gasteiger partial charge in [0.25, 0.3) is 11.8 Å². The fourth-order valence-electron chi connectivity index (χ4n) is 4.37. The summed E-state index contributed by atoms with van der Waals surface area (Å²) in [6, 6.07) is 15.3. The van der Waals surface area contributed by atoms with Gasteiger partial charge >= 0.3 is 0 Å². The molecule has 0 aliphatic carbocycles. The van der Waals surface area contributed by atoms with Crippen LogP contribution in [0.1, 0.15) is 38.7 Å². The largest absolute Gasteiger partial charge is 0.491 e. The van der Waals surface area contributed by atoms with E-state index in [-0.39, 0.29) is 36.8 Å². The number of benzene rings is 2. The summed E-state index contributed by atoms with van der Waals surface area (Å²) in [5.41, 5.74) is 3.25. The zero-order chi connectivity index (χ0) is 24.1. The van der Waals surface area contributed by atoms with Crippen molar-refractivity contribution in [1.82, 2.24) is 4.90 Å². The van der Waals surface area contributed by atoms with E-state index in [4.69, 9.17) is 9.47 Å². The number of nitrogens with zero attached hydrogens (tertiary/aromatic N) is 2. The van der Waals surface area contributed by atoms with Crippen LogP contribution in [0, 0.1) is 0 Å². The number of nitrogens with one attached hydrogen (secondary N) is 1. The van der Waals surface area contributed by atoms with Crippen molar-refractivity contribution in [3.8, 4) is 5.75 Å². The van der Waals surface area contributed by atoms with E-state index in [0.717, 1.165) is 24.5 Å². The monoisotopic (exact) mass is 463 g/mol. The van der Waals surface area contributed by atoms with Crippen molar-refractivity contribution in [3.05, 3.63) is 59.8 Å². The fourth-order valence-corrected chi connectivity index (χ4v) is 4.37. The van der Waals surface area contributed by atoms with Gasteiger partial charge < -0.3 is 19.7 Å². The highest BCUT2D eigenvalue weighted by Gasteiger charge is 2.39. The Morgan fingerprint density at radius 3 is 2.21 bits per heavy atom. The Morgan fingerprint density at radius 2 is 1.59 bits per heavy atom. The number of hydrogen-bond acceptors (Lipinski definition) is 6. The van der Waals surface area contributed by atoms with Gasteiger partial charge in [-0.2, -0.15) is 0 Å². The molecule has 0 aromatic heterocycles. The normalized spacial score (nSPS) is 16.6. The van der Waals surface area contributed by atoms with Crippen molar-refractivity contribution in [3.63, 3.8) is 0 Å². The molecule has 7 nitrogen and oxygen atoms in total. The van der Waals surface area contributed by atoms with Gasteiger partial charge in [-0.25, -0.2) is 0 Å². The zero-order valence-electron chi connectivity index (χ0n) is 20.2. The number of piperidine rings is 1. The molecule has 2 aromatic carbocycles. The summed E-state index contributed by atoms with van der Waals surface area (Å²) >= 11 is 0. The van der Waals surface area contributed by atoms with Gasteiger partial charge in [-0.3, -0.25) is 14.5 Å². The summed E-state index contributed by atoms with van der Waals surface area (Å²) in [6.45, 7) is 6.54. The molecule has 2 aliphatic heterocycles. The first kappa shape index (κ1) is 23.8. The molecule has 1 saturated heterocycles. The van der Waals surface area contributed by atoms with Gasteiger partial charge in [0.05, 0.1) is 24.8 Å². The van der Waals surface area contributed by atoms with E-state index in [0.29, 0.717) is 11.1 Å². The van der Waals surface area contributed by atoms with E-state index >= 15 is 0 Å². The van der Waals surface area contributed by atoms with Crippen LogP contribution in [0.25, 0.3) is 5.57 Å². The number of amides is 2. The van der Waals surface area contributed by atoms with Crippen LogP contribution in [0.5, 0.6) is 5.75 Å². The number of hydrogen-bond donors (Lipinski definition) is 1. The maximum atomic E-state index is 13.3. The topological polar surface area (TPSA) is 71.1 Å². The minimum Gasteiger partial charge on any atom is -0.491 e. The van der Waals surface area contributed by atoms with Crippen molar-refractivity contribution in [2.24, 2.45) is 0 Å². The third kappa shape index (κ3) is 5.25. The lowest BCUT2D eigenvalue weighted by Gasteiger charge is -2.28. The Bertz CT molecular complexity index is 1040. The predicted molar refractivity (Wildman–Crippen MR) is 134 cm³/mol. The summed E-state index contributed by atoms with van der Waals surface area (Å²) in [4.78, 5) is 30.1. The Labute approximate surface area is 201 Å². The van der Waals surface area contributed by atoms with E-state index in [1.54, 1.807) is 7.11 Å². The zero-order valence-corrected chi connectivity index (χ0v) is 20.2. The summed E-state index contributed by atoms with van der Waals surface area (Å²) in [5, 5.41) is 3.23. The van der Waals surface area contributed by atoms with Crippen LogP contribution in [-0.4, -0.2) is 56.2 Å². The molecule has 4 rings (SSSR count). The molecule has 7 heteroatoms. The Balaban J connectivity index is 1.61. The van der Waals surface area contributed by atoms with Gasteiger partial charge in [0, 0.05) is 31.6 Å². The highest BCUT2D eigenvalue weighted by atomic mass is 16.5. The van der Waals surface area contributed by atoms with Crippen LogP contribution < -0.4 is 15.0 Å². The predicted octanol–water partition coefficient (Wildman–Crippen LogP) is 4.30. The maximum absolute atomic E-state index is 13.3. The van der Waals surface area contributed by atoms with Crippen molar-refractivity contribution in [1.29, 1.82) is 0 Å². The molecule has 0 atom stereocenters. The number of imide groups is 1. The molecule has 1 fully saturated rings.